The van der Waals surface area contributed by atoms with Crippen LogP contribution in [0.1, 0.15) is 44.1 Å². The highest BCUT2D eigenvalue weighted by Crippen LogP contribution is 2.46. The number of para-hydroxylation sites is 1. The lowest BCUT2D eigenvalue weighted by atomic mass is 9.64. The number of hydrogen-bond donors (Lipinski definition) is 1. The second kappa shape index (κ2) is 7.56. The van der Waals surface area contributed by atoms with Gasteiger partial charge in [-0.3, -0.25) is 9.59 Å². The summed E-state index contributed by atoms with van der Waals surface area (Å²) in [5.41, 5.74) is 0.414. The zero-order valence-electron chi connectivity index (χ0n) is 15.8. The van der Waals surface area contributed by atoms with Gasteiger partial charge in [0.05, 0.1) is 19.6 Å². The highest BCUT2D eigenvalue weighted by Gasteiger charge is 2.52. The van der Waals surface area contributed by atoms with Crippen LogP contribution in [0.25, 0.3) is 0 Å². The van der Waals surface area contributed by atoms with Crippen LogP contribution < -0.4 is 14.8 Å². The predicted octanol–water partition coefficient (Wildman–Crippen LogP) is 2.50. The van der Waals surface area contributed by atoms with Crippen LogP contribution in [0.4, 0.5) is 0 Å². The van der Waals surface area contributed by atoms with E-state index in [0.29, 0.717) is 30.9 Å². The number of methoxy groups -OCH3 is 2. The summed E-state index contributed by atoms with van der Waals surface area (Å²) in [7, 11) is 5.03. The molecular weight excluding hydrogens is 332 g/mol. The fourth-order valence-corrected chi connectivity index (χ4v) is 4.58. The number of rotatable bonds is 5. The number of carbonyl (C=O) groups is 2. The first-order valence-corrected chi connectivity index (χ1v) is 9.27. The van der Waals surface area contributed by atoms with Gasteiger partial charge in [0.1, 0.15) is 0 Å². The van der Waals surface area contributed by atoms with Crippen molar-refractivity contribution >= 4 is 11.8 Å². The Balaban J connectivity index is 1.78. The van der Waals surface area contributed by atoms with E-state index >= 15 is 0 Å². The van der Waals surface area contributed by atoms with Crippen LogP contribution in [0.2, 0.25) is 0 Å². The van der Waals surface area contributed by atoms with E-state index in [9.17, 15) is 9.59 Å². The molecule has 2 amide bonds. The van der Waals surface area contributed by atoms with Gasteiger partial charge >= 0.3 is 0 Å². The number of nitrogens with one attached hydrogen (secondary N) is 1. The molecule has 1 N–H and O–H groups in total. The van der Waals surface area contributed by atoms with E-state index in [4.69, 9.17) is 9.47 Å². The SMILES string of the molecule is COc1cccc(CNC(=O)[C@@]23CCCC[C@H]2N(C)C(=O)CC3)c1OC. The van der Waals surface area contributed by atoms with Crippen LogP contribution in [-0.4, -0.2) is 44.0 Å². The molecule has 3 rings (SSSR count). The molecule has 0 radical (unpaired) electrons. The lowest BCUT2D eigenvalue weighted by Gasteiger charge is -2.50. The van der Waals surface area contributed by atoms with E-state index in [2.05, 4.69) is 5.32 Å². The van der Waals surface area contributed by atoms with Gasteiger partial charge in [0.25, 0.3) is 0 Å². The van der Waals surface area contributed by atoms with E-state index in [-0.39, 0.29) is 17.9 Å². The monoisotopic (exact) mass is 360 g/mol. The molecule has 1 saturated heterocycles. The van der Waals surface area contributed by atoms with Crippen molar-refractivity contribution in [2.45, 2.75) is 51.1 Å². The summed E-state index contributed by atoms with van der Waals surface area (Å²) in [6.45, 7) is 0.380. The molecule has 6 heteroatoms. The number of nitrogens with zero attached hydrogens (tertiary/aromatic N) is 1. The second-order valence-corrected chi connectivity index (χ2v) is 7.26. The smallest absolute Gasteiger partial charge is 0.228 e. The van der Waals surface area contributed by atoms with Crippen LogP contribution in [0.15, 0.2) is 18.2 Å². The number of hydrogen-bond acceptors (Lipinski definition) is 4. The normalized spacial score (nSPS) is 25.4. The molecule has 2 aliphatic rings. The molecule has 6 nitrogen and oxygen atoms in total. The molecular formula is C20H28N2O4. The summed E-state index contributed by atoms with van der Waals surface area (Å²) >= 11 is 0. The fourth-order valence-electron chi connectivity index (χ4n) is 4.58. The summed E-state index contributed by atoms with van der Waals surface area (Å²) < 4.78 is 10.8. The second-order valence-electron chi connectivity index (χ2n) is 7.26. The Labute approximate surface area is 154 Å². The minimum absolute atomic E-state index is 0.00436. The molecule has 0 spiro atoms. The van der Waals surface area contributed by atoms with E-state index < -0.39 is 5.41 Å². The van der Waals surface area contributed by atoms with Crippen LogP contribution in [0, 0.1) is 5.41 Å². The van der Waals surface area contributed by atoms with Gasteiger partial charge in [0.2, 0.25) is 11.8 Å². The Morgan fingerprint density at radius 1 is 1.27 bits per heavy atom. The van der Waals surface area contributed by atoms with Gasteiger partial charge in [-0.1, -0.05) is 25.0 Å². The minimum atomic E-state index is -0.465. The molecule has 2 atom stereocenters. The maximum absolute atomic E-state index is 13.2. The number of benzene rings is 1. The van der Waals surface area contributed by atoms with E-state index in [1.807, 2.05) is 25.2 Å². The van der Waals surface area contributed by atoms with E-state index in [1.54, 1.807) is 19.1 Å². The first-order chi connectivity index (χ1) is 12.5. The van der Waals surface area contributed by atoms with Crippen molar-refractivity contribution in [1.82, 2.24) is 10.2 Å². The number of fused-ring (bicyclic) bond motifs is 1. The van der Waals surface area contributed by atoms with Crippen LogP contribution in [0.5, 0.6) is 11.5 Å². The van der Waals surface area contributed by atoms with Crippen molar-refractivity contribution in [3.8, 4) is 11.5 Å². The van der Waals surface area contributed by atoms with Crippen molar-refractivity contribution in [3.63, 3.8) is 0 Å². The van der Waals surface area contributed by atoms with Gasteiger partial charge in [0.15, 0.2) is 11.5 Å². The lowest BCUT2D eigenvalue weighted by molar-refractivity contribution is -0.153. The van der Waals surface area contributed by atoms with E-state index in [1.165, 1.54) is 0 Å². The number of piperidine rings is 1. The number of amides is 2. The van der Waals surface area contributed by atoms with Crippen molar-refractivity contribution in [1.29, 1.82) is 0 Å². The Hall–Kier alpha value is -2.24. The summed E-state index contributed by atoms with van der Waals surface area (Å²) in [5.74, 6) is 1.49. The Morgan fingerprint density at radius 3 is 2.81 bits per heavy atom. The highest BCUT2D eigenvalue weighted by molar-refractivity contribution is 5.87. The number of carbonyl (C=O) groups excluding carboxylic acids is 2. The first-order valence-electron chi connectivity index (χ1n) is 9.27. The average molecular weight is 360 g/mol. The molecule has 1 aliphatic heterocycles. The largest absolute Gasteiger partial charge is 0.493 e. The summed E-state index contributed by atoms with van der Waals surface area (Å²) in [5, 5.41) is 3.11. The first kappa shape index (κ1) is 18.5. The van der Waals surface area contributed by atoms with Crippen molar-refractivity contribution in [2.75, 3.05) is 21.3 Å². The molecule has 26 heavy (non-hydrogen) atoms. The van der Waals surface area contributed by atoms with Crippen LogP contribution in [0.3, 0.4) is 0 Å². The van der Waals surface area contributed by atoms with Crippen molar-refractivity contribution < 1.29 is 19.1 Å². The molecule has 142 valence electrons. The quantitative estimate of drug-likeness (QED) is 0.876. The molecule has 2 fully saturated rings. The Bertz CT molecular complexity index is 690. The lowest BCUT2D eigenvalue weighted by Crippen LogP contribution is -2.60. The minimum Gasteiger partial charge on any atom is -0.493 e. The molecule has 0 aromatic heterocycles. The van der Waals surface area contributed by atoms with Crippen molar-refractivity contribution in [2.24, 2.45) is 5.41 Å². The zero-order valence-corrected chi connectivity index (χ0v) is 15.8. The third kappa shape index (κ3) is 3.13. The van der Waals surface area contributed by atoms with E-state index in [0.717, 1.165) is 31.2 Å². The Morgan fingerprint density at radius 2 is 2.08 bits per heavy atom. The number of ether oxygens (including phenoxy) is 2. The van der Waals surface area contributed by atoms with Gasteiger partial charge in [-0.05, 0) is 25.3 Å². The summed E-state index contributed by atoms with van der Waals surface area (Å²) in [6, 6.07) is 5.65. The fraction of sp³-hybridized carbons (Fsp3) is 0.600. The van der Waals surface area contributed by atoms with Crippen LogP contribution in [-0.2, 0) is 16.1 Å². The molecule has 1 aliphatic carbocycles. The third-order valence-corrected chi connectivity index (χ3v) is 6.01. The van der Waals surface area contributed by atoms with Gasteiger partial charge in [-0.15, -0.1) is 0 Å². The Kier molecular flexibility index (Phi) is 5.39. The average Bonchev–Trinajstić information content (AvgIpc) is 2.68. The summed E-state index contributed by atoms with van der Waals surface area (Å²) in [4.78, 5) is 27.1. The number of likely N-dealkylation sites (tertiary alicyclic amines) is 1. The molecule has 1 saturated carbocycles. The van der Waals surface area contributed by atoms with Crippen LogP contribution >= 0.6 is 0 Å². The third-order valence-electron chi connectivity index (χ3n) is 6.01. The van der Waals surface area contributed by atoms with Gasteiger partial charge in [-0.2, -0.15) is 0 Å². The summed E-state index contributed by atoms with van der Waals surface area (Å²) in [6.07, 6.45) is 4.94. The van der Waals surface area contributed by atoms with Crippen molar-refractivity contribution in [3.05, 3.63) is 23.8 Å². The topological polar surface area (TPSA) is 67.9 Å². The predicted molar refractivity (Wildman–Crippen MR) is 98.1 cm³/mol. The molecule has 0 bridgehead atoms. The maximum atomic E-state index is 13.2. The molecule has 1 aromatic rings. The maximum Gasteiger partial charge on any atom is 0.228 e. The van der Waals surface area contributed by atoms with Gasteiger partial charge < -0.3 is 19.7 Å². The molecule has 0 unspecified atom stereocenters. The highest BCUT2D eigenvalue weighted by atomic mass is 16.5. The molecule has 1 aromatic carbocycles. The molecule has 1 heterocycles. The van der Waals surface area contributed by atoms with Gasteiger partial charge in [-0.25, -0.2) is 0 Å². The zero-order chi connectivity index (χ0) is 18.7. The standard InChI is InChI=1S/C20H28N2O4/c1-22-16-9-4-5-11-20(16,12-10-17(22)23)19(24)21-13-14-7-6-8-15(25-2)18(14)26-3/h6-8,16H,4-5,9-13H2,1-3H3,(H,21,24)/t16-,20-/m1/s1. The van der Waals surface area contributed by atoms with Gasteiger partial charge in [0, 0.05) is 31.6 Å².